The second kappa shape index (κ2) is 7.57. The van der Waals surface area contributed by atoms with Crippen LogP contribution >= 0.6 is 0 Å². The summed E-state index contributed by atoms with van der Waals surface area (Å²) in [5.74, 6) is 0.250. The molecule has 28 heavy (non-hydrogen) atoms. The number of rotatable bonds is 3. The van der Waals surface area contributed by atoms with Gasteiger partial charge in [-0.1, -0.05) is 20.8 Å². The Labute approximate surface area is 163 Å². The number of hydrogen-bond acceptors (Lipinski definition) is 4. The number of carbonyl (C=O) groups excluding carboxylic acids is 1. The summed E-state index contributed by atoms with van der Waals surface area (Å²) in [7, 11) is 1.46. The minimum Gasteiger partial charge on any atom is -0.375 e. The lowest BCUT2D eigenvalue weighted by Crippen LogP contribution is -2.49. The van der Waals surface area contributed by atoms with Crippen molar-refractivity contribution in [2.24, 2.45) is 5.92 Å². The van der Waals surface area contributed by atoms with Gasteiger partial charge in [0.2, 0.25) is 5.91 Å². The van der Waals surface area contributed by atoms with Gasteiger partial charge in [-0.2, -0.15) is 18.3 Å². The quantitative estimate of drug-likeness (QED) is 0.842. The molecule has 0 aliphatic carbocycles. The van der Waals surface area contributed by atoms with E-state index in [1.54, 1.807) is 11.0 Å². The van der Waals surface area contributed by atoms with Crippen molar-refractivity contribution in [3.8, 4) is 0 Å². The number of ether oxygens (including phenoxy) is 1. The molecule has 0 bridgehead atoms. The van der Waals surface area contributed by atoms with Gasteiger partial charge >= 0.3 is 6.18 Å². The Morgan fingerprint density at radius 2 is 2.07 bits per heavy atom. The predicted molar refractivity (Wildman–Crippen MR) is 99.2 cm³/mol. The molecule has 3 rings (SSSR count). The highest BCUT2D eigenvalue weighted by Gasteiger charge is 2.48. The number of likely N-dealkylation sites (tertiary alicyclic amines) is 1. The lowest BCUT2D eigenvalue weighted by atomic mass is 9.85. The monoisotopic (exact) mass is 402 g/mol. The van der Waals surface area contributed by atoms with Gasteiger partial charge < -0.3 is 15.0 Å². The molecule has 0 spiro atoms. The van der Waals surface area contributed by atoms with Crippen molar-refractivity contribution in [1.82, 2.24) is 14.7 Å². The van der Waals surface area contributed by atoms with E-state index in [0.29, 0.717) is 24.6 Å². The number of halogens is 3. The maximum atomic E-state index is 13.8. The van der Waals surface area contributed by atoms with E-state index in [4.69, 9.17) is 4.74 Å². The molecule has 2 aliphatic rings. The van der Waals surface area contributed by atoms with Gasteiger partial charge in [-0.3, -0.25) is 4.79 Å². The molecule has 158 valence electrons. The normalized spacial score (nSPS) is 26.0. The van der Waals surface area contributed by atoms with Crippen molar-refractivity contribution in [1.29, 1.82) is 0 Å². The maximum Gasteiger partial charge on any atom is 0.410 e. The van der Waals surface area contributed by atoms with Crippen LogP contribution in [0.15, 0.2) is 6.07 Å². The predicted octanol–water partition coefficient (Wildman–Crippen LogP) is 3.35. The Kier molecular flexibility index (Phi) is 5.67. The third-order valence-corrected chi connectivity index (χ3v) is 5.64. The lowest BCUT2D eigenvalue weighted by molar-refractivity contribution is -0.175. The number of hydrogen-bond donors (Lipinski definition) is 1. The fourth-order valence-electron chi connectivity index (χ4n) is 4.06. The molecule has 3 atom stereocenters. The summed E-state index contributed by atoms with van der Waals surface area (Å²) in [6, 6.07) is -0.293. The van der Waals surface area contributed by atoms with Crippen LogP contribution in [-0.2, 0) is 14.9 Å². The molecule has 1 saturated heterocycles. The minimum absolute atomic E-state index is 0.00228. The molecule has 0 unspecified atom stereocenters. The Balaban J connectivity index is 1.84. The molecule has 1 aromatic heterocycles. The first-order valence-corrected chi connectivity index (χ1v) is 9.70. The van der Waals surface area contributed by atoms with E-state index in [1.165, 1.54) is 7.11 Å². The van der Waals surface area contributed by atoms with Gasteiger partial charge in [-0.15, -0.1) is 0 Å². The van der Waals surface area contributed by atoms with E-state index in [-0.39, 0.29) is 36.3 Å². The highest BCUT2D eigenvalue weighted by Crippen LogP contribution is 2.42. The smallest absolute Gasteiger partial charge is 0.375 e. The van der Waals surface area contributed by atoms with E-state index >= 15 is 0 Å². The van der Waals surface area contributed by atoms with E-state index in [2.05, 4.69) is 10.4 Å². The lowest BCUT2D eigenvalue weighted by Gasteiger charge is -2.41. The zero-order valence-electron chi connectivity index (χ0n) is 16.8. The third-order valence-electron chi connectivity index (χ3n) is 5.64. The van der Waals surface area contributed by atoms with Crippen LogP contribution in [-0.4, -0.2) is 59.6 Å². The number of methoxy groups -OCH3 is 1. The summed E-state index contributed by atoms with van der Waals surface area (Å²) in [6.07, 6.45) is -2.89. The van der Waals surface area contributed by atoms with Crippen molar-refractivity contribution < 1.29 is 22.7 Å². The number of aromatic nitrogens is 2. The van der Waals surface area contributed by atoms with Crippen LogP contribution < -0.4 is 5.32 Å². The van der Waals surface area contributed by atoms with Gasteiger partial charge in [0.25, 0.3) is 0 Å². The molecule has 1 amide bonds. The second-order valence-electron chi connectivity index (χ2n) is 8.83. The van der Waals surface area contributed by atoms with Crippen LogP contribution in [0.5, 0.6) is 0 Å². The molecule has 9 heteroatoms. The van der Waals surface area contributed by atoms with Crippen LogP contribution in [0.4, 0.5) is 19.0 Å². The summed E-state index contributed by atoms with van der Waals surface area (Å²) >= 11 is 0. The molecular formula is C19H29F3N4O2. The fraction of sp³-hybridized carbons (Fsp3) is 0.789. The van der Waals surface area contributed by atoms with Crippen LogP contribution in [0.3, 0.4) is 0 Å². The Morgan fingerprint density at radius 3 is 2.68 bits per heavy atom. The van der Waals surface area contributed by atoms with Gasteiger partial charge in [0.05, 0.1) is 5.69 Å². The molecule has 0 aromatic carbocycles. The summed E-state index contributed by atoms with van der Waals surface area (Å²) in [6.45, 7) is 6.87. The average molecular weight is 402 g/mol. The van der Waals surface area contributed by atoms with Gasteiger partial charge in [-0.05, 0) is 25.2 Å². The molecule has 3 heterocycles. The largest absolute Gasteiger partial charge is 0.410 e. The second-order valence-corrected chi connectivity index (χ2v) is 8.83. The number of anilines is 1. The van der Waals surface area contributed by atoms with Crippen molar-refractivity contribution in [3.63, 3.8) is 0 Å². The molecule has 6 nitrogen and oxygen atoms in total. The van der Waals surface area contributed by atoms with E-state index in [9.17, 15) is 18.0 Å². The van der Waals surface area contributed by atoms with E-state index in [0.717, 1.165) is 17.5 Å². The van der Waals surface area contributed by atoms with Crippen molar-refractivity contribution >= 4 is 11.7 Å². The first kappa shape index (κ1) is 21.0. The van der Waals surface area contributed by atoms with Crippen molar-refractivity contribution in [3.05, 3.63) is 11.8 Å². The van der Waals surface area contributed by atoms with E-state index in [1.807, 2.05) is 20.8 Å². The summed E-state index contributed by atoms with van der Waals surface area (Å²) < 4.78 is 47.4. The molecule has 1 fully saturated rings. The number of fused-ring (bicyclic) bond motifs is 1. The number of piperidine rings is 1. The standard InChI is InChI=1S/C19H29F3N4O2/c1-18(2,3)14-9-16-23-13(8-15(19(20,21)22)26(16)24-14)12-6-5-7-25(10-12)17(27)11-28-4/h9,12-13,15,23H,5-8,10-11H2,1-4H3/t12-,13-,15+/m0/s1. The van der Waals surface area contributed by atoms with Crippen LogP contribution in [0.1, 0.15) is 51.8 Å². The third kappa shape index (κ3) is 4.29. The Hall–Kier alpha value is -1.77. The number of nitrogens with one attached hydrogen (secondary N) is 1. The molecule has 1 N–H and O–H groups in total. The number of alkyl halides is 3. The van der Waals surface area contributed by atoms with Gasteiger partial charge in [0, 0.05) is 37.7 Å². The van der Waals surface area contributed by atoms with Crippen molar-refractivity contribution in [2.75, 3.05) is 32.1 Å². The minimum atomic E-state index is -4.38. The molecular weight excluding hydrogens is 373 g/mol. The van der Waals surface area contributed by atoms with Crippen LogP contribution in [0.2, 0.25) is 0 Å². The average Bonchev–Trinajstić information content (AvgIpc) is 3.04. The maximum absolute atomic E-state index is 13.8. The van der Waals surface area contributed by atoms with Gasteiger partial charge in [-0.25, -0.2) is 4.68 Å². The van der Waals surface area contributed by atoms with Gasteiger partial charge in [0.1, 0.15) is 12.4 Å². The van der Waals surface area contributed by atoms with Gasteiger partial charge in [0.15, 0.2) is 6.04 Å². The molecule has 0 radical (unpaired) electrons. The Morgan fingerprint density at radius 1 is 1.36 bits per heavy atom. The number of nitrogens with zero attached hydrogens (tertiary/aromatic N) is 3. The first-order chi connectivity index (χ1) is 13.0. The van der Waals surface area contributed by atoms with E-state index < -0.39 is 12.2 Å². The van der Waals surface area contributed by atoms with Crippen molar-refractivity contribution in [2.45, 2.75) is 63.7 Å². The topological polar surface area (TPSA) is 59.4 Å². The summed E-state index contributed by atoms with van der Waals surface area (Å²) in [5, 5.41) is 7.55. The summed E-state index contributed by atoms with van der Waals surface area (Å²) in [5.41, 5.74) is 0.289. The molecule has 0 saturated carbocycles. The first-order valence-electron chi connectivity index (χ1n) is 9.70. The molecule has 2 aliphatic heterocycles. The zero-order valence-corrected chi connectivity index (χ0v) is 16.8. The highest BCUT2D eigenvalue weighted by molar-refractivity contribution is 5.77. The van der Waals surface area contributed by atoms with Crippen LogP contribution in [0, 0.1) is 5.92 Å². The molecule has 1 aromatic rings. The highest BCUT2D eigenvalue weighted by atomic mass is 19.4. The Bertz CT molecular complexity index is 711. The SMILES string of the molecule is COCC(=O)N1CCC[C@H]([C@@H]2C[C@H](C(F)(F)F)n3nc(C(C)(C)C)cc3N2)C1. The number of carbonyl (C=O) groups is 1. The fourth-order valence-corrected chi connectivity index (χ4v) is 4.06. The number of amides is 1. The summed E-state index contributed by atoms with van der Waals surface area (Å²) in [4.78, 5) is 13.9. The van der Waals surface area contributed by atoms with Crippen LogP contribution in [0.25, 0.3) is 0 Å². The zero-order chi connectivity index (χ0) is 20.7.